The minimum atomic E-state index is -0.526. The first kappa shape index (κ1) is 26.5. The minimum absolute atomic E-state index is 0.00789. The molecule has 4 heterocycles. The van der Waals surface area contributed by atoms with Crippen molar-refractivity contribution in [3.63, 3.8) is 0 Å². The average molecular weight is 518 g/mol. The third-order valence-electron chi connectivity index (χ3n) is 8.78. The normalized spacial score (nSPS) is 23.9. The fourth-order valence-electron chi connectivity index (χ4n) is 6.45. The Balaban J connectivity index is 1.16. The van der Waals surface area contributed by atoms with Gasteiger partial charge < -0.3 is 10.1 Å². The number of benzene rings is 1. The van der Waals surface area contributed by atoms with E-state index in [-0.39, 0.29) is 18.0 Å². The lowest BCUT2D eigenvalue weighted by Gasteiger charge is -2.45. The maximum Gasteiger partial charge on any atom is 0.316 e. The number of amides is 1. The Morgan fingerprint density at radius 2 is 1.89 bits per heavy atom. The van der Waals surface area contributed by atoms with Crippen LogP contribution in [-0.2, 0) is 21.4 Å². The third-order valence-corrected chi connectivity index (χ3v) is 8.78. The van der Waals surface area contributed by atoms with Crippen molar-refractivity contribution >= 4 is 18.2 Å². The molecule has 0 spiro atoms. The molecule has 7 heteroatoms. The van der Waals surface area contributed by atoms with E-state index in [9.17, 15) is 14.4 Å². The Kier molecular flexibility index (Phi) is 8.52. The molecule has 6 rings (SSSR count). The van der Waals surface area contributed by atoms with Crippen LogP contribution in [0.2, 0.25) is 0 Å². The molecule has 1 saturated carbocycles. The molecule has 4 fully saturated rings. The van der Waals surface area contributed by atoms with Crippen molar-refractivity contribution in [3.05, 3.63) is 65.0 Å². The van der Waals surface area contributed by atoms with Crippen molar-refractivity contribution in [1.29, 1.82) is 0 Å². The van der Waals surface area contributed by atoms with Gasteiger partial charge >= 0.3 is 5.97 Å². The summed E-state index contributed by atoms with van der Waals surface area (Å²) in [5.41, 5.74) is 2.57. The second kappa shape index (κ2) is 12.2. The summed E-state index contributed by atoms with van der Waals surface area (Å²) in [6.45, 7) is 3.75. The zero-order valence-corrected chi connectivity index (χ0v) is 22.2. The SMILES string of the molecule is O=Cc1ccc(C(=O)NCCCCc2cccc(C3(C(=O)O[C@H]4CN5CCC4CC5)CCCCC3)c2)cn1. The number of nitrogens with zero attached hydrogens (tertiary/aromatic N) is 2. The lowest BCUT2D eigenvalue weighted by atomic mass is 9.69. The van der Waals surface area contributed by atoms with E-state index in [1.807, 2.05) is 0 Å². The number of aryl methyl sites for hydroxylation is 1. The molecule has 1 N–H and O–H groups in total. The number of ether oxygens (including phenoxy) is 1. The van der Waals surface area contributed by atoms with Crippen LogP contribution in [0.3, 0.4) is 0 Å². The van der Waals surface area contributed by atoms with E-state index in [2.05, 4.69) is 39.5 Å². The van der Waals surface area contributed by atoms with Crippen molar-refractivity contribution in [1.82, 2.24) is 15.2 Å². The highest BCUT2D eigenvalue weighted by molar-refractivity contribution is 5.94. The summed E-state index contributed by atoms with van der Waals surface area (Å²) in [6.07, 6.45) is 12.1. The Hall–Kier alpha value is -3.06. The van der Waals surface area contributed by atoms with Gasteiger partial charge in [0.1, 0.15) is 11.8 Å². The number of aldehydes is 1. The number of hydrogen-bond acceptors (Lipinski definition) is 6. The van der Waals surface area contributed by atoms with Crippen molar-refractivity contribution in [2.75, 3.05) is 26.2 Å². The molecule has 4 aliphatic rings. The van der Waals surface area contributed by atoms with Crippen molar-refractivity contribution < 1.29 is 19.1 Å². The first-order valence-electron chi connectivity index (χ1n) is 14.3. The fourth-order valence-corrected chi connectivity index (χ4v) is 6.45. The highest BCUT2D eigenvalue weighted by atomic mass is 16.5. The number of carbonyl (C=O) groups excluding carboxylic acids is 3. The van der Waals surface area contributed by atoms with Gasteiger partial charge in [0.2, 0.25) is 0 Å². The number of hydrogen-bond donors (Lipinski definition) is 1. The number of rotatable bonds is 10. The molecule has 1 aromatic carbocycles. The Morgan fingerprint density at radius 1 is 1.08 bits per heavy atom. The average Bonchev–Trinajstić information content (AvgIpc) is 2.98. The Bertz CT molecular complexity index is 1120. The number of nitrogens with one attached hydrogen (secondary N) is 1. The van der Waals surface area contributed by atoms with Gasteiger partial charge in [-0.3, -0.25) is 24.3 Å². The predicted octanol–water partition coefficient (Wildman–Crippen LogP) is 4.49. The molecule has 2 bridgehead atoms. The standard InChI is InChI=1S/C31H39N3O4/c35-22-27-11-10-25(20-33-27)29(36)32-16-5-2-7-23-8-6-9-26(19-23)31(14-3-1-4-15-31)30(37)38-28-21-34-17-12-24(28)13-18-34/h6,8-11,19-20,22,24,28H,1-5,7,12-18,21H2,(H,32,36)/t28-/m0/s1. The summed E-state index contributed by atoms with van der Waals surface area (Å²) < 4.78 is 6.30. The van der Waals surface area contributed by atoms with E-state index in [4.69, 9.17) is 4.74 Å². The number of carbonyl (C=O) groups is 3. The molecule has 1 atom stereocenters. The lowest BCUT2D eigenvalue weighted by Crippen LogP contribution is -2.53. The molecule has 202 valence electrons. The number of aromatic nitrogens is 1. The summed E-state index contributed by atoms with van der Waals surface area (Å²) >= 11 is 0. The molecule has 3 aliphatic heterocycles. The molecule has 3 saturated heterocycles. The van der Waals surface area contributed by atoms with Crippen molar-refractivity contribution in [3.8, 4) is 0 Å². The second-order valence-electron chi connectivity index (χ2n) is 11.2. The maximum atomic E-state index is 13.8. The van der Waals surface area contributed by atoms with Gasteiger partial charge in [0.25, 0.3) is 5.91 Å². The molecule has 38 heavy (non-hydrogen) atoms. The van der Waals surface area contributed by atoms with E-state index in [0.717, 1.165) is 83.0 Å². The molecule has 1 amide bonds. The minimum Gasteiger partial charge on any atom is -0.460 e. The first-order valence-corrected chi connectivity index (χ1v) is 14.3. The van der Waals surface area contributed by atoms with E-state index in [1.165, 1.54) is 18.2 Å². The van der Waals surface area contributed by atoms with Crippen LogP contribution in [0.15, 0.2) is 42.6 Å². The molecule has 1 aliphatic carbocycles. The second-order valence-corrected chi connectivity index (χ2v) is 11.2. The molecular formula is C31H39N3O4. The number of pyridine rings is 1. The van der Waals surface area contributed by atoms with Gasteiger partial charge in [-0.2, -0.15) is 0 Å². The van der Waals surface area contributed by atoms with Crippen molar-refractivity contribution in [2.45, 2.75) is 75.7 Å². The van der Waals surface area contributed by atoms with Crippen LogP contribution in [0, 0.1) is 5.92 Å². The summed E-state index contributed by atoms with van der Waals surface area (Å²) in [4.78, 5) is 43.2. The Labute approximate surface area is 225 Å². The van der Waals surface area contributed by atoms with E-state index < -0.39 is 5.41 Å². The van der Waals surface area contributed by atoms with E-state index in [0.29, 0.717) is 30.0 Å². The van der Waals surface area contributed by atoms with Gasteiger partial charge in [-0.15, -0.1) is 0 Å². The Morgan fingerprint density at radius 3 is 2.58 bits per heavy atom. The van der Waals surface area contributed by atoms with Crippen LogP contribution in [-0.4, -0.2) is 60.3 Å². The molecule has 0 unspecified atom stereocenters. The largest absolute Gasteiger partial charge is 0.460 e. The van der Waals surface area contributed by atoms with Gasteiger partial charge in [-0.1, -0.05) is 43.5 Å². The summed E-state index contributed by atoms with van der Waals surface area (Å²) in [5.74, 6) is 0.326. The maximum absolute atomic E-state index is 13.8. The smallest absolute Gasteiger partial charge is 0.316 e. The number of unbranched alkanes of at least 4 members (excludes halogenated alkanes) is 1. The van der Waals surface area contributed by atoms with Gasteiger partial charge in [0.05, 0.1) is 11.0 Å². The van der Waals surface area contributed by atoms with E-state index in [1.54, 1.807) is 12.1 Å². The molecule has 2 aromatic rings. The van der Waals surface area contributed by atoms with Crippen molar-refractivity contribution in [2.24, 2.45) is 5.92 Å². The zero-order chi connectivity index (χ0) is 26.4. The van der Waals surface area contributed by atoms with Crippen LogP contribution in [0.25, 0.3) is 0 Å². The topological polar surface area (TPSA) is 88.6 Å². The van der Waals surface area contributed by atoms with Crippen LogP contribution < -0.4 is 5.32 Å². The van der Waals surface area contributed by atoms with Crippen LogP contribution in [0.5, 0.6) is 0 Å². The quantitative estimate of drug-likeness (QED) is 0.284. The monoisotopic (exact) mass is 517 g/mol. The molecule has 1 aromatic heterocycles. The summed E-state index contributed by atoms with van der Waals surface area (Å²) in [7, 11) is 0. The van der Waals surface area contributed by atoms with E-state index >= 15 is 0 Å². The third kappa shape index (κ3) is 5.98. The van der Waals surface area contributed by atoms with Gasteiger partial charge in [-0.05, 0) is 87.2 Å². The van der Waals surface area contributed by atoms with Crippen LogP contribution in [0.4, 0.5) is 0 Å². The first-order chi connectivity index (χ1) is 18.6. The zero-order valence-electron chi connectivity index (χ0n) is 22.2. The van der Waals surface area contributed by atoms with Gasteiger partial charge in [0, 0.05) is 19.3 Å². The summed E-state index contributed by atoms with van der Waals surface area (Å²) in [5, 5.41) is 2.92. The van der Waals surface area contributed by atoms with Crippen LogP contribution >= 0.6 is 0 Å². The number of esters is 1. The lowest BCUT2D eigenvalue weighted by molar-refractivity contribution is -0.167. The number of piperidine rings is 3. The van der Waals surface area contributed by atoms with Crippen LogP contribution in [0.1, 0.15) is 89.8 Å². The fraction of sp³-hybridized carbons (Fsp3) is 0.548. The molecule has 0 radical (unpaired) electrons. The molecule has 7 nitrogen and oxygen atoms in total. The highest BCUT2D eigenvalue weighted by Crippen LogP contribution is 2.42. The summed E-state index contributed by atoms with van der Waals surface area (Å²) in [6, 6.07) is 11.7. The molecular weight excluding hydrogens is 478 g/mol. The van der Waals surface area contributed by atoms with Gasteiger partial charge in [-0.25, -0.2) is 0 Å². The van der Waals surface area contributed by atoms with Gasteiger partial charge in [0.15, 0.2) is 6.29 Å². The number of fused-ring (bicyclic) bond motifs is 3. The predicted molar refractivity (Wildman–Crippen MR) is 145 cm³/mol. The highest BCUT2D eigenvalue weighted by Gasteiger charge is 2.45.